The third kappa shape index (κ3) is 4.49. The minimum Gasteiger partial charge on any atom is -0.392 e. The highest BCUT2D eigenvalue weighted by Crippen LogP contribution is 2.28. The van der Waals surface area contributed by atoms with Gasteiger partial charge in [-0.2, -0.15) is 0 Å². The molecule has 1 aliphatic carbocycles. The topological polar surface area (TPSA) is 66.4 Å². The van der Waals surface area contributed by atoms with Crippen molar-refractivity contribution < 1.29 is 17.9 Å². The van der Waals surface area contributed by atoms with Gasteiger partial charge in [0, 0.05) is 6.54 Å². The summed E-state index contributed by atoms with van der Waals surface area (Å²) in [5.74, 6) is -0.0838. The summed E-state index contributed by atoms with van der Waals surface area (Å²) in [4.78, 5) is -0.394. The molecule has 4 nitrogen and oxygen atoms in total. The van der Waals surface area contributed by atoms with E-state index in [1.165, 1.54) is 37.8 Å². The predicted molar refractivity (Wildman–Crippen MR) is 78.7 cm³/mol. The van der Waals surface area contributed by atoms with Crippen LogP contribution in [0.25, 0.3) is 0 Å². The Morgan fingerprint density at radius 1 is 1.29 bits per heavy atom. The first-order valence-corrected chi connectivity index (χ1v) is 8.90. The van der Waals surface area contributed by atoms with Crippen LogP contribution in [0.15, 0.2) is 23.1 Å². The van der Waals surface area contributed by atoms with Crippen LogP contribution in [0.5, 0.6) is 0 Å². The molecule has 0 bridgehead atoms. The Hall–Kier alpha value is -0.980. The molecule has 1 fully saturated rings. The molecule has 118 valence electrons. The van der Waals surface area contributed by atoms with E-state index in [2.05, 4.69) is 4.72 Å². The molecule has 1 saturated carbocycles. The first-order valence-electron chi connectivity index (χ1n) is 7.42. The van der Waals surface area contributed by atoms with Gasteiger partial charge in [0.05, 0.1) is 6.61 Å². The van der Waals surface area contributed by atoms with Gasteiger partial charge in [-0.3, -0.25) is 0 Å². The van der Waals surface area contributed by atoms with E-state index in [9.17, 15) is 12.8 Å². The van der Waals surface area contributed by atoms with Gasteiger partial charge >= 0.3 is 0 Å². The molecule has 0 unspecified atom stereocenters. The molecule has 2 rings (SSSR count). The minimum atomic E-state index is -3.86. The Labute approximate surface area is 125 Å². The molecule has 0 atom stereocenters. The van der Waals surface area contributed by atoms with Crippen LogP contribution >= 0.6 is 0 Å². The molecule has 1 aliphatic rings. The Morgan fingerprint density at radius 3 is 2.67 bits per heavy atom. The van der Waals surface area contributed by atoms with E-state index in [-0.39, 0.29) is 6.61 Å². The third-order valence-corrected chi connectivity index (χ3v) is 5.50. The zero-order valence-electron chi connectivity index (χ0n) is 12.0. The molecule has 0 aromatic heterocycles. The lowest BCUT2D eigenvalue weighted by molar-refractivity contribution is 0.281. The molecule has 0 aliphatic heterocycles. The standard InChI is InChI=1S/C15H22FNO3S/c16-14-8-7-13(11-18)10-15(14)21(19,20)17-9-3-6-12-4-1-2-5-12/h7-8,10,12,17-18H,1-6,9,11H2. The number of benzene rings is 1. The van der Waals surface area contributed by atoms with E-state index in [1.807, 2.05) is 0 Å². The average Bonchev–Trinajstić information content (AvgIpc) is 2.97. The van der Waals surface area contributed by atoms with Gasteiger partial charge in [0.1, 0.15) is 10.7 Å². The molecule has 2 N–H and O–H groups in total. The van der Waals surface area contributed by atoms with Crippen molar-refractivity contribution >= 4 is 10.0 Å². The number of hydrogen-bond donors (Lipinski definition) is 2. The summed E-state index contributed by atoms with van der Waals surface area (Å²) in [5.41, 5.74) is 0.378. The van der Waals surface area contributed by atoms with Gasteiger partial charge in [-0.1, -0.05) is 31.7 Å². The van der Waals surface area contributed by atoms with E-state index in [1.54, 1.807) is 0 Å². The summed E-state index contributed by atoms with van der Waals surface area (Å²) in [5, 5.41) is 9.02. The largest absolute Gasteiger partial charge is 0.392 e. The van der Waals surface area contributed by atoms with Gasteiger partial charge < -0.3 is 5.11 Å². The van der Waals surface area contributed by atoms with Crippen LogP contribution in [0, 0.1) is 11.7 Å². The van der Waals surface area contributed by atoms with E-state index in [4.69, 9.17) is 5.11 Å². The van der Waals surface area contributed by atoms with Crippen molar-refractivity contribution in [2.24, 2.45) is 5.92 Å². The van der Waals surface area contributed by atoms with Gasteiger partial charge in [0.15, 0.2) is 0 Å². The lowest BCUT2D eigenvalue weighted by Gasteiger charge is -2.11. The number of hydrogen-bond acceptors (Lipinski definition) is 3. The molecule has 21 heavy (non-hydrogen) atoms. The lowest BCUT2D eigenvalue weighted by atomic mass is 10.0. The third-order valence-electron chi connectivity index (χ3n) is 4.02. The summed E-state index contributed by atoms with van der Waals surface area (Å²) >= 11 is 0. The number of nitrogens with one attached hydrogen (secondary N) is 1. The van der Waals surface area contributed by atoms with Gasteiger partial charge in [-0.25, -0.2) is 17.5 Å². The van der Waals surface area contributed by atoms with E-state index in [0.29, 0.717) is 18.0 Å². The van der Waals surface area contributed by atoms with E-state index >= 15 is 0 Å². The van der Waals surface area contributed by atoms with Crippen molar-refractivity contribution in [3.63, 3.8) is 0 Å². The van der Waals surface area contributed by atoms with Crippen LogP contribution < -0.4 is 4.72 Å². The molecule has 1 aromatic carbocycles. The molecule has 6 heteroatoms. The number of aliphatic hydroxyl groups is 1. The first-order chi connectivity index (χ1) is 10.0. The molecule has 1 aromatic rings. The van der Waals surface area contributed by atoms with Crippen molar-refractivity contribution in [2.75, 3.05) is 6.54 Å². The normalized spacial score (nSPS) is 16.5. The van der Waals surface area contributed by atoms with Crippen molar-refractivity contribution in [1.29, 1.82) is 0 Å². The fraction of sp³-hybridized carbons (Fsp3) is 0.600. The zero-order chi connectivity index (χ0) is 15.3. The van der Waals surface area contributed by atoms with Gasteiger partial charge in [-0.05, 0) is 36.5 Å². The van der Waals surface area contributed by atoms with Crippen molar-refractivity contribution in [3.8, 4) is 0 Å². The summed E-state index contributed by atoms with van der Waals surface area (Å²) < 4.78 is 40.3. The summed E-state index contributed by atoms with van der Waals surface area (Å²) in [6.07, 6.45) is 6.80. The molecule has 0 amide bonds. The summed E-state index contributed by atoms with van der Waals surface area (Å²) in [6.45, 7) is 0.00606. The monoisotopic (exact) mass is 315 g/mol. The van der Waals surface area contributed by atoms with Gasteiger partial charge in [0.25, 0.3) is 0 Å². The first kappa shape index (κ1) is 16.4. The highest BCUT2D eigenvalue weighted by atomic mass is 32.2. The van der Waals surface area contributed by atoms with Gasteiger partial charge in [-0.15, -0.1) is 0 Å². The number of rotatable bonds is 7. The van der Waals surface area contributed by atoms with Crippen LogP contribution in [0.4, 0.5) is 4.39 Å². The average molecular weight is 315 g/mol. The van der Waals surface area contributed by atoms with Crippen molar-refractivity contribution in [3.05, 3.63) is 29.6 Å². The summed E-state index contributed by atoms with van der Waals surface area (Å²) in [6, 6.07) is 3.61. The molecule has 0 heterocycles. The minimum absolute atomic E-state index is 0.315. The maximum absolute atomic E-state index is 13.7. The zero-order valence-corrected chi connectivity index (χ0v) is 12.8. The molecule has 0 spiro atoms. The quantitative estimate of drug-likeness (QED) is 0.760. The highest BCUT2D eigenvalue weighted by Gasteiger charge is 2.20. The maximum atomic E-state index is 13.7. The van der Waals surface area contributed by atoms with Gasteiger partial charge in [0.2, 0.25) is 10.0 Å². The fourth-order valence-electron chi connectivity index (χ4n) is 2.83. The second-order valence-corrected chi connectivity index (χ2v) is 7.35. The number of sulfonamides is 1. The molecule has 0 radical (unpaired) electrons. The van der Waals surface area contributed by atoms with Crippen LogP contribution in [-0.2, 0) is 16.6 Å². The molecular formula is C15H22FNO3S. The molecule has 0 saturated heterocycles. The smallest absolute Gasteiger partial charge is 0.243 e. The molecular weight excluding hydrogens is 293 g/mol. The Bertz CT molecular complexity index is 568. The SMILES string of the molecule is O=S(=O)(NCCCC1CCCC1)c1cc(CO)ccc1F. The van der Waals surface area contributed by atoms with E-state index < -0.39 is 20.7 Å². The lowest BCUT2D eigenvalue weighted by Crippen LogP contribution is -2.26. The Balaban J connectivity index is 1.91. The second-order valence-electron chi connectivity index (χ2n) is 5.61. The van der Waals surface area contributed by atoms with Crippen LogP contribution in [0.1, 0.15) is 44.1 Å². The Kier molecular flexibility index (Phi) is 5.72. The highest BCUT2D eigenvalue weighted by molar-refractivity contribution is 7.89. The van der Waals surface area contributed by atoms with Crippen LogP contribution in [0.3, 0.4) is 0 Å². The van der Waals surface area contributed by atoms with Crippen LogP contribution in [-0.4, -0.2) is 20.1 Å². The fourth-order valence-corrected chi connectivity index (χ4v) is 4.03. The Morgan fingerprint density at radius 2 is 2.00 bits per heavy atom. The number of aliphatic hydroxyl groups excluding tert-OH is 1. The van der Waals surface area contributed by atoms with Crippen molar-refractivity contribution in [1.82, 2.24) is 4.72 Å². The predicted octanol–water partition coefficient (Wildman–Crippen LogP) is 2.57. The summed E-state index contributed by atoms with van der Waals surface area (Å²) in [7, 11) is -3.86. The second kappa shape index (κ2) is 7.33. The van der Waals surface area contributed by atoms with Crippen molar-refractivity contribution in [2.45, 2.75) is 50.0 Å². The maximum Gasteiger partial charge on any atom is 0.243 e. The number of halogens is 1. The van der Waals surface area contributed by atoms with E-state index in [0.717, 1.165) is 18.9 Å². The van der Waals surface area contributed by atoms with Crippen LogP contribution in [0.2, 0.25) is 0 Å².